The minimum atomic E-state index is 0.0445. The van der Waals surface area contributed by atoms with Crippen molar-refractivity contribution in [2.45, 2.75) is 37.0 Å². The number of nitrogens with zero attached hydrogens (tertiary/aromatic N) is 7. The number of fused-ring (bicyclic) bond motifs is 4. The van der Waals surface area contributed by atoms with Crippen LogP contribution in [0.1, 0.15) is 54.0 Å². The third kappa shape index (κ3) is 12.2. The molecule has 4 heterocycles. The highest BCUT2D eigenvalue weighted by Crippen LogP contribution is 2.51. The van der Waals surface area contributed by atoms with Crippen LogP contribution >= 0.6 is 0 Å². The molecule has 19 rings (SSSR count). The van der Waals surface area contributed by atoms with Gasteiger partial charge in [-0.05, 0) is 140 Å². The maximum absolute atomic E-state index is 5.75. The van der Waals surface area contributed by atoms with Gasteiger partial charge in [0.05, 0.1) is 33.8 Å². The molecule has 14 aromatic carbocycles. The predicted molar refractivity (Wildman–Crippen MR) is 432 cm³/mol. The van der Waals surface area contributed by atoms with E-state index < -0.39 is 0 Å². The number of pyridine rings is 1. The maximum atomic E-state index is 5.75. The van der Waals surface area contributed by atoms with Crippen LogP contribution in [0.4, 0.5) is 0 Å². The lowest BCUT2D eigenvalue weighted by molar-refractivity contribution is 0.343. The second-order valence-corrected chi connectivity index (χ2v) is 27.7. The van der Waals surface area contributed by atoms with E-state index in [-0.39, 0.29) is 17.8 Å². The van der Waals surface area contributed by atoms with E-state index in [9.17, 15) is 0 Å². The second kappa shape index (κ2) is 27.2. The Morgan fingerprint density at radius 1 is 0.238 bits per heavy atom. The lowest BCUT2D eigenvalue weighted by Crippen LogP contribution is -2.22. The van der Waals surface area contributed by atoms with Gasteiger partial charge in [-0.3, -0.25) is 4.57 Å². The van der Waals surface area contributed by atoms with Crippen LogP contribution in [0, 0.1) is 0 Å². The van der Waals surface area contributed by atoms with Crippen molar-refractivity contribution in [3.05, 3.63) is 381 Å². The molecule has 0 spiro atoms. The van der Waals surface area contributed by atoms with Gasteiger partial charge in [0.25, 0.3) is 0 Å². The number of hydrogen-bond donors (Lipinski definition) is 0. The summed E-state index contributed by atoms with van der Waals surface area (Å²) in [5.41, 5.74) is 24.1. The van der Waals surface area contributed by atoms with Crippen LogP contribution in [0.3, 0.4) is 0 Å². The van der Waals surface area contributed by atoms with Gasteiger partial charge < -0.3 is 0 Å². The highest BCUT2D eigenvalue weighted by atomic mass is 15.1. The summed E-state index contributed by atoms with van der Waals surface area (Å²) in [5, 5.41) is 7.03. The Hall–Kier alpha value is -13.4. The average Bonchev–Trinajstić information content (AvgIpc) is 1.61. The molecular weight excluding hydrogens is 1280 g/mol. The van der Waals surface area contributed by atoms with Crippen molar-refractivity contribution in [1.29, 1.82) is 0 Å². The SMILES string of the molecule is c1ccc(-c2cc(C3CC(c4cc(-c5ccccc5)nc(-c5ccccc5)n4)CC(c4cc(-c5ccccc5)nc(-c5ccccc5)n4)C3)cc(-c3ccc(-c4ccc5cc(-c6c7ccccc7c(-c7ccc8ccccc8c7)c7nc(-c8ccccc8)n(-c8ccccc8)c67)ccc5c4)cc3)n2)cc1. The van der Waals surface area contributed by atoms with Crippen LogP contribution in [-0.4, -0.2) is 34.5 Å². The summed E-state index contributed by atoms with van der Waals surface area (Å²) < 4.78 is 2.39. The van der Waals surface area contributed by atoms with Gasteiger partial charge in [-0.1, -0.05) is 309 Å². The first-order chi connectivity index (χ1) is 52.0. The summed E-state index contributed by atoms with van der Waals surface area (Å²) in [4.78, 5) is 32.9. The highest BCUT2D eigenvalue weighted by molar-refractivity contribution is 6.21. The first kappa shape index (κ1) is 62.6. The van der Waals surface area contributed by atoms with E-state index in [0.717, 1.165) is 176 Å². The van der Waals surface area contributed by atoms with Crippen LogP contribution in [0.2, 0.25) is 0 Å². The molecule has 1 aliphatic rings. The molecule has 18 aromatic rings. The van der Waals surface area contributed by atoms with Gasteiger partial charge in [0.2, 0.25) is 0 Å². The monoisotopic (exact) mass is 1340 g/mol. The Morgan fingerprint density at radius 2 is 0.600 bits per heavy atom. The normalized spacial score (nSPS) is 14.5. The summed E-state index contributed by atoms with van der Waals surface area (Å²) in [6, 6.07) is 130. The van der Waals surface area contributed by atoms with Crippen molar-refractivity contribution >= 4 is 43.4 Å². The number of para-hydroxylation sites is 1. The van der Waals surface area contributed by atoms with Gasteiger partial charge in [-0.2, -0.15) is 0 Å². The topological polar surface area (TPSA) is 82.3 Å². The Balaban J connectivity index is 0.709. The number of aromatic nitrogens is 7. The largest absolute Gasteiger partial charge is 0.292 e. The van der Waals surface area contributed by atoms with Crippen LogP contribution in [0.25, 0.3) is 162 Å². The Morgan fingerprint density at radius 3 is 1.12 bits per heavy atom. The fourth-order valence-electron chi connectivity index (χ4n) is 16.0. The van der Waals surface area contributed by atoms with Gasteiger partial charge >= 0.3 is 0 Å². The fraction of sp³-hybridized carbons (Fsp3) is 0.0612. The fourth-order valence-corrected chi connectivity index (χ4v) is 16.0. The molecule has 2 atom stereocenters. The molecule has 7 heteroatoms. The smallest absolute Gasteiger partial charge is 0.160 e. The van der Waals surface area contributed by atoms with Crippen LogP contribution in [0.5, 0.6) is 0 Å². The van der Waals surface area contributed by atoms with Crippen molar-refractivity contribution in [2.75, 3.05) is 0 Å². The van der Waals surface area contributed by atoms with Crippen LogP contribution in [0.15, 0.2) is 364 Å². The zero-order valence-electron chi connectivity index (χ0n) is 57.6. The van der Waals surface area contributed by atoms with Crippen molar-refractivity contribution in [3.63, 3.8) is 0 Å². The molecular formula is C98H69N7. The lowest BCUT2D eigenvalue weighted by atomic mass is 9.70. The summed E-state index contributed by atoms with van der Waals surface area (Å²) in [5.74, 6) is 2.52. The molecule has 0 aliphatic heterocycles. The summed E-state index contributed by atoms with van der Waals surface area (Å²) >= 11 is 0. The van der Waals surface area contributed by atoms with Crippen molar-refractivity contribution in [1.82, 2.24) is 34.5 Å². The molecule has 0 amide bonds. The van der Waals surface area contributed by atoms with E-state index in [1.165, 1.54) is 21.7 Å². The van der Waals surface area contributed by atoms with Crippen LogP contribution < -0.4 is 0 Å². The first-order valence-electron chi connectivity index (χ1n) is 36.3. The molecule has 0 bridgehead atoms. The molecule has 1 fully saturated rings. The molecule has 0 N–H and O–H groups in total. The molecule has 105 heavy (non-hydrogen) atoms. The Bertz CT molecular complexity index is 5980. The first-order valence-corrected chi connectivity index (χ1v) is 36.3. The zero-order valence-corrected chi connectivity index (χ0v) is 57.6. The summed E-state index contributed by atoms with van der Waals surface area (Å²) in [7, 11) is 0. The molecule has 7 nitrogen and oxygen atoms in total. The molecule has 1 saturated carbocycles. The molecule has 1 aliphatic carbocycles. The molecule has 2 unspecified atom stereocenters. The van der Waals surface area contributed by atoms with Gasteiger partial charge in [0.1, 0.15) is 5.82 Å². The van der Waals surface area contributed by atoms with Gasteiger partial charge in [0.15, 0.2) is 11.6 Å². The van der Waals surface area contributed by atoms with E-state index in [0.29, 0.717) is 0 Å². The number of benzene rings is 14. The standard InChI is InChI=1S/C98H69N7/c1-8-27-66(28-9-1)86-60-80(79-57-81(90-62-88(67-29-10-2-11-30-67)100-96(102-90)70-33-14-4-15-34-70)59-82(58-79)91-63-89(68-31-12-3-13-32-68)101-97(103-91)71-35-16-5-17-36-71)61-87(99-86)69-47-44-65(45-48-69)74-49-50-76-56-78(53-51-75(76)54-74)93-85-43-25-24-42-84(85)92(77-52-46-64-26-22-23-39-73(64)55-77)94-95(93)105(83-40-20-7-21-41-83)98(104-94)72-37-18-6-19-38-72/h1-56,60-63,79,81-82H,57-59H2. The van der Waals surface area contributed by atoms with Gasteiger partial charge in [-0.25, -0.2) is 29.9 Å². The van der Waals surface area contributed by atoms with E-state index in [1.54, 1.807) is 0 Å². The second-order valence-electron chi connectivity index (χ2n) is 27.7. The quantitative estimate of drug-likeness (QED) is 0.108. The van der Waals surface area contributed by atoms with Crippen molar-refractivity contribution in [3.8, 4) is 118 Å². The van der Waals surface area contributed by atoms with E-state index >= 15 is 0 Å². The van der Waals surface area contributed by atoms with Crippen molar-refractivity contribution in [2.24, 2.45) is 0 Å². The van der Waals surface area contributed by atoms with Gasteiger partial charge in [-0.15, -0.1) is 0 Å². The Kier molecular flexibility index (Phi) is 16.2. The molecule has 0 radical (unpaired) electrons. The molecule has 4 aromatic heterocycles. The average molecular weight is 1340 g/mol. The van der Waals surface area contributed by atoms with Gasteiger partial charge in [0, 0.05) is 79.0 Å². The zero-order chi connectivity index (χ0) is 69.6. The third-order valence-corrected chi connectivity index (χ3v) is 21.2. The summed E-state index contributed by atoms with van der Waals surface area (Å²) in [6.45, 7) is 0. The van der Waals surface area contributed by atoms with E-state index in [2.05, 4.69) is 356 Å². The lowest BCUT2D eigenvalue weighted by Gasteiger charge is -2.35. The molecule has 496 valence electrons. The number of rotatable bonds is 14. The van der Waals surface area contributed by atoms with Crippen molar-refractivity contribution < 1.29 is 0 Å². The minimum Gasteiger partial charge on any atom is -0.292 e. The summed E-state index contributed by atoms with van der Waals surface area (Å²) in [6.07, 6.45) is 2.57. The Labute approximate surface area is 610 Å². The minimum absolute atomic E-state index is 0.0445. The van der Waals surface area contributed by atoms with E-state index in [4.69, 9.17) is 29.9 Å². The maximum Gasteiger partial charge on any atom is 0.160 e. The molecule has 0 saturated heterocycles. The van der Waals surface area contributed by atoms with E-state index in [1.807, 2.05) is 12.1 Å². The van der Waals surface area contributed by atoms with Crippen LogP contribution in [-0.2, 0) is 0 Å². The predicted octanol–water partition coefficient (Wildman–Crippen LogP) is 25.0. The number of hydrogen-bond acceptors (Lipinski definition) is 6. The third-order valence-electron chi connectivity index (χ3n) is 21.2. The number of imidazole rings is 1. The highest BCUT2D eigenvalue weighted by Gasteiger charge is 2.35.